The van der Waals surface area contributed by atoms with Crippen LogP contribution in [0.4, 0.5) is 0 Å². The van der Waals surface area contributed by atoms with Crippen molar-refractivity contribution >= 4 is 11.8 Å². The van der Waals surface area contributed by atoms with Crippen LogP contribution in [0.3, 0.4) is 0 Å². The Morgan fingerprint density at radius 1 is 1.06 bits per heavy atom. The number of benzene rings is 2. The number of nitrogens with zero attached hydrogens (tertiary/aromatic N) is 4. The van der Waals surface area contributed by atoms with E-state index >= 15 is 0 Å². The number of nitrogens with one attached hydrogen (secondary N) is 1. The number of hydrogen-bond donors (Lipinski definition) is 1. The number of hydrogen-bond acceptors (Lipinski definition) is 5. The number of aromatic nitrogens is 3. The monoisotopic (exact) mass is 421 g/mol. The summed E-state index contributed by atoms with van der Waals surface area (Å²) in [5.74, 6) is 0.568. The molecule has 8 heteroatoms. The van der Waals surface area contributed by atoms with E-state index in [1.54, 1.807) is 29.9 Å². The van der Waals surface area contributed by atoms with Gasteiger partial charge in [-0.1, -0.05) is 47.7 Å². The first-order valence-corrected chi connectivity index (χ1v) is 10.1. The van der Waals surface area contributed by atoms with Crippen molar-refractivity contribution in [1.29, 1.82) is 0 Å². The summed E-state index contributed by atoms with van der Waals surface area (Å²) in [4.78, 5) is 26.2. The van der Waals surface area contributed by atoms with Crippen LogP contribution in [-0.4, -0.2) is 52.4 Å². The molecule has 3 rings (SSSR count). The zero-order valence-electron chi connectivity index (χ0n) is 17.8. The molecule has 0 spiro atoms. The highest BCUT2D eigenvalue weighted by Crippen LogP contribution is 2.12. The van der Waals surface area contributed by atoms with E-state index < -0.39 is 0 Å². The number of aryl methyl sites for hydroxylation is 1. The van der Waals surface area contributed by atoms with Crippen molar-refractivity contribution in [2.24, 2.45) is 0 Å². The van der Waals surface area contributed by atoms with Crippen molar-refractivity contribution in [2.75, 3.05) is 20.7 Å². The van der Waals surface area contributed by atoms with E-state index in [0.717, 1.165) is 16.9 Å². The van der Waals surface area contributed by atoms with Crippen LogP contribution in [-0.2, 0) is 24.3 Å². The minimum atomic E-state index is -0.196. The van der Waals surface area contributed by atoms with E-state index in [4.69, 9.17) is 4.74 Å². The smallest absolute Gasteiger partial charge is 0.276 e. The van der Waals surface area contributed by atoms with Crippen molar-refractivity contribution in [3.8, 4) is 5.75 Å². The molecule has 0 aliphatic carbocycles. The molecule has 2 aromatic carbocycles. The predicted octanol–water partition coefficient (Wildman–Crippen LogP) is 2.31. The highest BCUT2D eigenvalue weighted by atomic mass is 16.5. The Morgan fingerprint density at radius 2 is 1.81 bits per heavy atom. The lowest BCUT2D eigenvalue weighted by Crippen LogP contribution is -2.27. The predicted molar refractivity (Wildman–Crippen MR) is 117 cm³/mol. The molecule has 162 valence electrons. The van der Waals surface area contributed by atoms with Gasteiger partial charge in [-0.3, -0.25) is 9.59 Å². The van der Waals surface area contributed by atoms with Gasteiger partial charge >= 0.3 is 0 Å². The van der Waals surface area contributed by atoms with Gasteiger partial charge in [-0.15, -0.1) is 5.10 Å². The van der Waals surface area contributed by atoms with Gasteiger partial charge in [0.15, 0.2) is 5.69 Å². The maximum absolute atomic E-state index is 12.5. The number of methoxy groups -OCH3 is 1. The Morgan fingerprint density at radius 3 is 2.52 bits per heavy atom. The summed E-state index contributed by atoms with van der Waals surface area (Å²) in [6.45, 7) is 1.35. The fourth-order valence-corrected chi connectivity index (χ4v) is 3.08. The summed E-state index contributed by atoms with van der Waals surface area (Å²) in [6, 6.07) is 17.4. The van der Waals surface area contributed by atoms with E-state index in [0.29, 0.717) is 32.5 Å². The lowest BCUT2D eigenvalue weighted by atomic mass is 10.1. The van der Waals surface area contributed by atoms with E-state index in [1.807, 2.05) is 54.6 Å². The molecule has 0 aliphatic heterocycles. The summed E-state index contributed by atoms with van der Waals surface area (Å²) in [7, 11) is 3.36. The molecule has 2 amide bonds. The van der Waals surface area contributed by atoms with Gasteiger partial charge in [-0.25, -0.2) is 4.68 Å². The maximum atomic E-state index is 12.5. The van der Waals surface area contributed by atoms with Crippen LogP contribution in [0.2, 0.25) is 0 Å². The van der Waals surface area contributed by atoms with Gasteiger partial charge in [0.2, 0.25) is 5.91 Å². The standard InChI is InChI=1S/C23H27N5O3/c1-27(16-19-6-4-3-5-7-19)23(30)21-17-28(26-25-21)15-14-24-22(29)13-10-18-8-11-20(31-2)12-9-18/h3-9,11-12,17H,10,13-16H2,1-2H3,(H,24,29). The SMILES string of the molecule is COc1ccc(CCC(=O)NCCn2cc(C(=O)N(C)Cc3ccccc3)nn2)cc1. The molecular weight excluding hydrogens is 394 g/mol. The molecule has 0 saturated heterocycles. The van der Waals surface area contributed by atoms with Crippen molar-refractivity contribution in [1.82, 2.24) is 25.2 Å². The maximum Gasteiger partial charge on any atom is 0.276 e. The molecule has 31 heavy (non-hydrogen) atoms. The summed E-state index contributed by atoms with van der Waals surface area (Å²) < 4.78 is 6.69. The number of rotatable bonds is 10. The second kappa shape index (κ2) is 10.9. The van der Waals surface area contributed by atoms with Crippen LogP contribution in [0.25, 0.3) is 0 Å². The molecule has 1 heterocycles. The Labute approximate surface area is 181 Å². The van der Waals surface area contributed by atoms with Crippen molar-refractivity contribution in [2.45, 2.75) is 25.9 Å². The lowest BCUT2D eigenvalue weighted by Gasteiger charge is -2.15. The van der Waals surface area contributed by atoms with Crippen molar-refractivity contribution in [3.63, 3.8) is 0 Å². The molecule has 0 aliphatic rings. The highest BCUT2D eigenvalue weighted by Gasteiger charge is 2.16. The van der Waals surface area contributed by atoms with Gasteiger partial charge < -0.3 is 15.0 Å². The van der Waals surface area contributed by atoms with Gasteiger partial charge in [0, 0.05) is 26.6 Å². The first kappa shape index (κ1) is 22.0. The number of amides is 2. The van der Waals surface area contributed by atoms with Crippen molar-refractivity contribution < 1.29 is 14.3 Å². The number of carbonyl (C=O) groups excluding carboxylic acids is 2. The largest absolute Gasteiger partial charge is 0.497 e. The van der Waals surface area contributed by atoms with Crippen LogP contribution >= 0.6 is 0 Å². The van der Waals surface area contributed by atoms with E-state index in [1.165, 1.54) is 0 Å². The molecule has 3 aromatic rings. The summed E-state index contributed by atoms with van der Waals surface area (Å²) in [5.41, 5.74) is 2.40. The Balaban J connectivity index is 1.40. The molecule has 0 fully saturated rings. The molecule has 0 atom stereocenters. The normalized spacial score (nSPS) is 10.5. The first-order valence-electron chi connectivity index (χ1n) is 10.1. The molecule has 0 saturated carbocycles. The number of ether oxygens (including phenoxy) is 1. The average molecular weight is 422 g/mol. The molecule has 0 radical (unpaired) electrons. The van der Waals surface area contributed by atoms with E-state index in [-0.39, 0.29) is 17.5 Å². The van der Waals surface area contributed by atoms with Gasteiger partial charge in [0.25, 0.3) is 5.91 Å². The molecule has 1 N–H and O–H groups in total. The third-order valence-corrected chi connectivity index (χ3v) is 4.83. The average Bonchev–Trinajstić information content (AvgIpc) is 3.27. The molecule has 0 bridgehead atoms. The molecular formula is C23H27N5O3. The van der Waals surface area contributed by atoms with Crippen LogP contribution < -0.4 is 10.1 Å². The molecule has 1 aromatic heterocycles. The minimum Gasteiger partial charge on any atom is -0.497 e. The van der Waals surface area contributed by atoms with Gasteiger partial charge in [-0.05, 0) is 29.7 Å². The van der Waals surface area contributed by atoms with Crippen LogP contribution in [0.5, 0.6) is 5.75 Å². The lowest BCUT2D eigenvalue weighted by molar-refractivity contribution is -0.121. The summed E-state index contributed by atoms with van der Waals surface area (Å²) in [5, 5.41) is 10.8. The van der Waals surface area contributed by atoms with Gasteiger partial charge in [0.05, 0.1) is 19.9 Å². The van der Waals surface area contributed by atoms with Gasteiger partial charge in [-0.2, -0.15) is 0 Å². The fraction of sp³-hybridized carbons (Fsp3) is 0.304. The Hall–Kier alpha value is -3.68. The van der Waals surface area contributed by atoms with Crippen LogP contribution in [0, 0.1) is 0 Å². The zero-order valence-corrected chi connectivity index (χ0v) is 17.8. The van der Waals surface area contributed by atoms with Crippen LogP contribution in [0.1, 0.15) is 28.0 Å². The van der Waals surface area contributed by atoms with Gasteiger partial charge in [0.1, 0.15) is 5.75 Å². The third kappa shape index (κ3) is 6.67. The first-order chi connectivity index (χ1) is 15.0. The highest BCUT2D eigenvalue weighted by molar-refractivity contribution is 5.91. The molecule has 0 unspecified atom stereocenters. The minimum absolute atomic E-state index is 0.0326. The van der Waals surface area contributed by atoms with Crippen LogP contribution in [0.15, 0.2) is 60.8 Å². The van der Waals surface area contributed by atoms with E-state index in [2.05, 4.69) is 15.6 Å². The Kier molecular flexibility index (Phi) is 7.75. The number of carbonyl (C=O) groups is 2. The summed E-state index contributed by atoms with van der Waals surface area (Å²) >= 11 is 0. The van der Waals surface area contributed by atoms with E-state index in [9.17, 15) is 9.59 Å². The summed E-state index contributed by atoms with van der Waals surface area (Å²) in [6.07, 6.45) is 2.66. The second-order valence-corrected chi connectivity index (χ2v) is 7.21. The topological polar surface area (TPSA) is 89.4 Å². The van der Waals surface area contributed by atoms with Crippen molar-refractivity contribution in [3.05, 3.63) is 77.6 Å². The zero-order chi connectivity index (χ0) is 22.1. The fourth-order valence-electron chi connectivity index (χ4n) is 3.08. The third-order valence-electron chi connectivity index (χ3n) is 4.83. The second-order valence-electron chi connectivity index (χ2n) is 7.21. The molecule has 8 nitrogen and oxygen atoms in total. The Bertz CT molecular complexity index is 986. The quantitative estimate of drug-likeness (QED) is 0.543.